The van der Waals surface area contributed by atoms with Crippen LogP contribution in [0, 0.1) is 6.92 Å². The van der Waals surface area contributed by atoms with E-state index in [1.807, 2.05) is 49.1 Å². The molecule has 0 aliphatic carbocycles. The Morgan fingerprint density at radius 1 is 1.26 bits per heavy atom. The van der Waals surface area contributed by atoms with Crippen LogP contribution in [0.4, 0.5) is 5.69 Å². The van der Waals surface area contributed by atoms with Crippen LogP contribution in [-0.2, 0) is 13.6 Å². The van der Waals surface area contributed by atoms with Crippen molar-refractivity contribution in [2.45, 2.75) is 13.5 Å². The van der Waals surface area contributed by atoms with Crippen LogP contribution in [-0.4, -0.2) is 20.0 Å². The normalized spacial score (nSPS) is 10.8. The molecule has 0 bridgehead atoms. The molecular weight excluding hydrogens is 238 g/mol. The summed E-state index contributed by atoms with van der Waals surface area (Å²) < 4.78 is 1.83. The summed E-state index contributed by atoms with van der Waals surface area (Å²) in [4.78, 5) is 0. The lowest BCUT2D eigenvalue weighted by atomic mass is 10.2. The van der Waals surface area contributed by atoms with Crippen molar-refractivity contribution < 1.29 is 0 Å². The first kappa shape index (κ1) is 11.6. The van der Waals surface area contributed by atoms with Crippen molar-refractivity contribution >= 4 is 16.6 Å². The number of aromatic nitrogens is 4. The number of nitrogens with one attached hydrogen (secondary N) is 1. The Kier molecular flexibility index (Phi) is 2.87. The minimum absolute atomic E-state index is 0.732. The molecule has 0 saturated carbocycles. The van der Waals surface area contributed by atoms with Crippen LogP contribution >= 0.6 is 0 Å². The average molecular weight is 253 g/mol. The Morgan fingerprint density at radius 3 is 2.89 bits per heavy atom. The second-order valence-electron chi connectivity index (χ2n) is 4.54. The number of benzene rings is 1. The van der Waals surface area contributed by atoms with Gasteiger partial charge in [-0.3, -0.25) is 4.68 Å². The molecule has 0 aliphatic rings. The van der Waals surface area contributed by atoms with E-state index < -0.39 is 0 Å². The number of anilines is 1. The number of hydrogen-bond acceptors (Lipinski definition) is 4. The minimum Gasteiger partial charge on any atom is -0.379 e. The van der Waals surface area contributed by atoms with E-state index in [-0.39, 0.29) is 0 Å². The molecule has 1 aromatic carbocycles. The lowest BCUT2D eigenvalue weighted by Crippen LogP contribution is -2.01. The lowest BCUT2D eigenvalue weighted by molar-refractivity contribution is 0.756. The van der Waals surface area contributed by atoms with E-state index >= 15 is 0 Å². The number of hydrogen-bond donors (Lipinski definition) is 1. The van der Waals surface area contributed by atoms with Crippen LogP contribution in [0.1, 0.15) is 11.3 Å². The second-order valence-corrected chi connectivity index (χ2v) is 4.54. The van der Waals surface area contributed by atoms with Crippen LogP contribution in [0.2, 0.25) is 0 Å². The molecule has 0 atom stereocenters. The smallest absolute Gasteiger partial charge is 0.0950 e. The van der Waals surface area contributed by atoms with Gasteiger partial charge >= 0.3 is 0 Å². The fourth-order valence-electron chi connectivity index (χ4n) is 2.16. The summed E-state index contributed by atoms with van der Waals surface area (Å²) in [5.41, 5.74) is 4.12. The number of rotatable bonds is 3. The lowest BCUT2D eigenvalue weighted by Gasteiger charge is -2.07. The van der Waals surface area contributed by atoms with Gasteiger partial charge in [-0.25, -0.2) is 0 Å². The van der Waals surface area contributed by atoms with Crippen LogP contribution in [0.5, 0.6) is 0 Å². The number of fused-ring (bicyclic) bond motifs is 1. The monoisotopic (exact) mass is 253 g/mol. The molecule has 2 heterocycles. The van der Waals surface area contributed by atoms with Crippen LogP contribution in [0.15, 0.2) is 36.7 Å². The first-order valence-corrected chi connectivity index (χ1v) is 6.17. The van der Waals surface area contributed by atoms with Crippen LogP contribution in [0.3, 0.4) is 0 Å². The van der Waals surface area contributed by atoms with Crippen LogP contribution < -0.4 is 5.32 Å². The van der Waals surface area contributed by atoms with Gasteiger partial charge in [-0.15, -0.1) is 0 Å². The molecule has 19 heavy (non-hydrogen) atoms. The number of aryl methyl sites for hydroxylation is 2. The van der Waals surface area contributed by atoms with E-state index in [0.29, 0.717) is 0 Å². The molecule has 0 spiro atoms. The third-order valence-corrected chi connectivity index (χ3v) is 3.13. The van der Waals surface area contributed by atoms with E-state index in [2.05, 4.69) is 20.6 Å². The molecular formula is C14H15N5. The summed E-state index contributed by atoms with van der Waals surface area (Å²) in [5.74, 6) is 0. The minimum atomic E-state index is 0.732. The van der Waals surface area contributed by atoms with Crippen LogP contribution in [0.25, 0.3) is 10.9 Å². The van der Waals surface area contributed by atoms with Crippen molar-refractivity contribution in [2.24, 2.45) is 7.05 Å². The van der Waals surface area contributed by atoms with Gasteiger partial charge in [0.25, 0.3) is 0 Å². The maximum atomic E-state index is 4.33. The number of nitrogens with zero attached hydrogens (tertiary/aromatic N) is 4. The van der Waals surface area contributed by atoms with Crippen molar-refractivity contribution in [1.29, 1.82) is 0 Å². The highest BCUT2D eigenvalue weighted by atomic mass is 15.3. The molecule has 5 heteroatoms. The zero-order valence-corrected chi connectivity index (χ0v) is 11.0. The molecule has 5 nitrogen and oxygen atoms in total. The van der Waals surface area contributed by atoms with E-state index in [9.17, 15) is 0 Å². The Hall–Kier alpha value is -2.43. The van der Waals surface area contributed by atoms with Gasteiger partial charge in [0.15, 0.2) is 0 Å². The van der Waals surface area contributed by atoms with E-state index in [4.69, 9.17) is 0 Å². The Morgan fingerprint density at radius 2 is 2.11 bits per heavy atom. The average Bonchev–Trinajstić information content (AvgIpc) is 2.74. The van der Waals surface area contributed by atoms with Gasteiger partial charge in [0.2, 0.25) is 0 Å². The van der Waals surface area contributed by atoms with Gasteiger partial charge in [0.1, 0.15) is 0 Å². The maximum absolute atomic E-state index is 4.33. The quantitative estimate of drug-likeness (QED) is 0.778. The SMILES string of the molecule is Cc1nn(C)cc1CNc1cnnc2ccccc12. The highest BCUT2D eigenvalue weighted by Gasteiger charge is 2.05. The van der Waals surface area contributed by atoms with Crippen molar-refractivity contribution in [3.8, 4) is 0 Å². The Labute approximate surface area is 111 Å². The van der Waals surface area contributed by atoms with Crippen molar-refractivity contribution in [2.75, 3.05) is 5.32 Å². The Balaban J connectivity index is 1.88. The first-order chi connectivity index (χ1) is 9.24. The molecule has 2 aromatic heterocycles. The molecule has 0 aliphatic heterocycles. The molecule has 3 aromatic rings. The van der Waals surface area contributed by atoms with E-state index in [0.717, 1.165) is 28.8 Å². The summed E-state index contributed by atoms with van der Waals surface area (Å²) in [7, 11) is 1.93. The van der Waals surface area contributed by atoms with Gasteiger partial charge in [-0.05, 0) is 13.0 Å². The van der Waals surface area contributed by atoms with E-state index in [1.165, 1.54) is 5.56 Å². The van der Waals surface area contributed by atoms with Gasteiger partial charge in [0, 0.05) is 30.7 Å². The summed E-state index contributed by atoms with van der Waals surface area (Å²) in [6.45, 7) is 2.75. The van der Waals surface area contributed by atoms with Crippen molar-refractivity contribution in [3.63, 3.8) is 0 Å². The molecule has 0 unspecified atom stereocenters. The Bertz CT molecular complexity index is 711. The van der Waals surface area contributed by atoms with Crippen molar-refractivity contribution in [3.05, 3.63) is 47.9 Å². The molecule has 96 valence electrons. The summed E-state index contributed by atoms with van der Waals surface area (Å²) in [6.07, 6.45) is 3.78. The molecule has 0 amide bonds. The highest BCUT2D eigenvalue weighted by Crippen LogP contribution is 2.20. The summed E-state index contributed by atoms with van der Waals surface area (Å²) in [6, 6.07) is 7.97. The molecule has 0 saturated heterocycles. The zero-order valence-electron chi connectivity index (χ0n) is 11.0. The topological polar surface area (TPSA) is 55.6 Å². The molecule has 0 radical (unpaired) electrons. The fourth-order valence-corrected chi connectivity index (χ4v) is 2.16. The standard InChI is InChI=1S/C14H15N5/c1-10-11(9-19(2)18-10)7-15-14-8-16-17-13-6-4-3-5-12(13)14/h3-6,8-9H,7H2,1-2H3,(H,15,17). The predicted octanol–water partition coefficient (Wildman–Crippen LogP) is 2.28. The second kappa shape index (κ2) is 4.68. The fraction of sp³-hybridized carbons (Fsp3) is 0.214. The molecule has 1 N–H and O–H groups in total. The summed E-state index contributed by atoms with van der Waals surface area (Å²) >= 11 is 0. The van der Waals surface area contributed by atoms with Gasteiger partial charge in [0.05, 0.1) is 23.1 Å². The van der Waals surface area contributed by atoms with Crippen molar-refractivity contribution in [1.82, 2.24) is 20.0 Å². The predicted molar refractivity (Wildman–Crippen MR) is 74.8 cm³/mol. The van der Waals surface area contributed by atoms with Gasteiger partial charge in [-0.1, -0.05) is 18.2 Å². The van der Waals surface area contributed by atoms with E-state index in [1.54, 1.807) is 6.20 Å². The van der Waals surface area contributed by atoms with Gasteiger partial charge < -0.3 is 5.32 Å². The third-order valence-electron chi connectivity index (χ3n) is 3.13. The maximum Gasteiger partial charge on any atom is 0.0950 e. The highest BCUT2D eigenvalue weighted by molar-refractivity contribution is 5.90. The first-order valence-electron chi connectivity index (χ1n) is 6.17. The largest absolute Gasteiger partial charge is 0.379 e. The molecule has 3 rings (SSSR count). The molecule has 0 fully saturated rings. The van der Waals surface area contributed by atoms with Gasteiger partial charge in [-0.2, -0.15) is 15.3 Å². The third kappa shape index (κ3) is 2.27. The summed E-state index contributed by atoms with van der Waals surface area (Å²) in [5, 5.41) is 17.0. The zero-order chi connectivity index (χ0) is 13.2.